The first kappa shape index (κ1) is 19.0. The van der Waals surface area contributed by atoms with Crippen molar-refractivity contribution in [3.63, 3.8) is 0 Å². The second-order valence-corrected chi connectivity index (χ2v) is 6.00. The van der Waals surface area contributed by atoms with Crippen LogP contribution in [0.25, 0.3) is 0 Å². The van der Waals surface area contributed by atoms with Gasteiger partial charge in [-0.05, 0) is 23.3 Å². The molecule has 6 heteroatoms. The molecule has 0 aliphatic carbocycles. The predicted octanol–water partition coefficient (Wildman–Crippen LogP) is 4.24. The highest BCUT2D eigenvalue weighted by atomic mass is 16.5. The van der Waals surface area contributed by atoms with Crippen molar-refractivity contribution in [1.82, 2.24) is 0 Å². The van der Waals surface area contributed by atoms with E-state index in [1.165, 1.54) is 12.1 Å². The zero-order valence-corrected chi connectivity index (χ0v) is 14.9. The highest BCUT2D eigenvalue weighted by Crippen LogP contribution is 2.30. The molecule has 3 aromatic carbocycles. The van der Waals surface area contributed by atoms with Crippen LogP contribution < -0.4 is 9.47 Å². The van der Waals surface area contributed by atoms with Crippen molar-refractivity contribution in [3.8, 4) is 11.5 Å². The van der Waals surface area contributed by atoms with Crippen LogP contribution in [-0.4, -0.2) is 22.2 Å². The monoisotopic (exact) mass is 378 g/mol. The quantitative estimate of drug-likeness (QED) is 0.609. The van der Waals surface area contributed by atoms with Crippen molar-refractivity contribution in [2.45, 2.75) is 13.2 Å². The fraction of sp³-hybridized carbons (Fsp3) is 0.0909. The molecule has 0 heterocycles. The van der Waals surface area contributed by atoms with Gasteiger partial charge in [-0.1, -0.05) is 60.7 Å². The van der Waals surface area contributed by atoms with E-state index in [9.17, 15) is 19.8 Å². The standard InChI is InChI=1S/C22H18O6/c23-21(24)17-12-20(28-14-16-9-5-2-6-10-16)18(22(25)26)11-19(17)27-13-15-7-3-1-4-8-15/h1-12H,13-14H2,(H,23,24)(H,25,26). The van der Waals surface area contributed by atoms with Gasteiger partial charge >= 0.3 is 11.9 Å². The van der Waals surface area contributed by atoms with Gasteiger partial charge in [0.2, 0.25) is 0 Å². The molecule has 28 heavy (non-hydrogen) atoms. The summed E-state index contributed by atoms with van der Waals surface area (Å²) in [6.45, 7) is 0.231. The molecule has 0 spiro atoms. The minimum absolute atomic E-state index is 0.0270. The molecule has 2 N–H and O–H groups in total. The minimum atomic E-state index is -1.23. The van der Waals surface area contributed by atoms with Gasteiger partial charge < -0.3 is 19.7 Å². The van der Waals surface area contributed by atoms with Crippen LogP contribution in [0.3, 0.4) is 0 Å². The van der Waals surface area contributed by atoms with Crippen molar-refractivity contribution in [3.05, 3.63) is 95.1 Å². The second kappa shape index (κ2) is 8.73. The van der Waals surface area contributed by atoms with Crippen LogP contribution in [0.4, 0.5) is 0 Å². The Labute approximate surface area is 161 Å². The number of hydrogen-bond acceptors (Lipinski definition) is 4. The fourth-order valence-electron chi connectivity index (χ4n) is 2.60. The summed E-state index contributed by atoms with van der Waals surface area (Å²) in [4.78, 5) is 23.3. The predicted molar refractivity (Wildman–Crippen MR) is 102 cm³/mol. The summed E-state index contributed by atoms with van der Waals surface area (Å²) in [5.41, 5.74) is 1.34. The first-order valence-electron chi connectivity index (χ1n) is 8.52. The molecule has 0 unspecified atom stereocenters. The third-order valence-corrected chi connectivity index (χ3v) is 4.02. The molecular weight excluding hydrogens is 360 g/mol. The first-order valence-corrected chi connectivity index (χ1v) is 8.52. The number of rotatable bonds is 8. The summed E-state index contributed by atoms with van der Waals surface area (Å²) >= 11 is 0. The molecule has 6 nitrogen and oxygen atoms in total. The van der Waals surface area contributed by atoms with E-state index >= 15 is 0 Å². The Kier molecular flexibility index (Phi) is 5.91. The maximum Gasteiger partial charge on any atom is 0.339 e. The lowest BCUT2D eigenvalue weighted by atomic mass is 10.1. The van der Waals surface area contributed by atoms with E-state index in [0.717, 1.165) is 11.1 Å². The Morgan fingerprint density at radius 3 is 1.32 bits per heavy atom. The Morgan fingerprint density at radius 1 is 0.643 bits per heavy atom. The zero-order valence-electron chi connectivity index (χ0n) is 14.9. The molecule has 142 valence electrons. The van der Waals surface area contributed by atoms with E-state index in [4.69, 9.17) is 9.47 Å². The number of benzene rings is 3. The van der Waals surface area contributed by atoms with Gasteiger partial charge in [0.05, 0.1) is 0 Å². The van der Waals surface area contributed by atoms with Crippen LogP contribution in [0.15, 0.2) is 72.8 Å². The molecule has 0 atom stereocenters. The van der Waals surface area contributed by atoms with Crippen molar-refractivity contribution >= 4 is 11.9 Å². The van der Waals surface area contributed by atoms with E-state index in [2.05, 4.69) is 0 Å². The normalized spacial score (nSPS) is 10.3. The van der Waals surface area contributed by atoms with Gasteiger partial charge in [-0.3, -0.25) is 0 Å². The smallest absolute Gasteiger partial charge is 0.339 e. The third kappa shape index (κ3) is 4.67. The van der Waals surface area contributed by atoms with Gasteiger partial charge in [0, 0.05) is 0 Å². The molecule has 0 amide bonds. The van der Waals surface area contributed by atoms with E-state index < -0.39 is 11.9 Å². The van der Waals surface area contributed by atoms with Gasteiger partial charge in [-0.25, -0.2) is 9.59 Å². The fourth-order valence-corrected chi connectivity index (χ4v) is 2.60. The average molecular weight is 378 g/mol. The topological polar surface area (TPSA) is 93.1 Å². The third-order valence-electron chi connectivity index (χ3n) is 4.02. The highest BCUT2D eigenvalue weighted by molar-refractivity contribution is 5.97. The van der Waals surface area contributed by atoms with Crippen molar-refractivity contribution in [1.29, 1.82) is 0 Å². The van der Waals surface area contributed by atoms with Crippen LogP contribution in [-0.2, 0) is 13.2 Å². The average Bonchev–Trinajstić information content (AvgIpc) is 2.71. The number of carboxylic acids is 2. The van der Waals surface area contributed by atoms with E-state index in [1.54, 1.807) is 0 Å². The number of carboxylic acid groups (broad SMARTS) is 2. The van der Waals surface area contributed by atoms with E-state index in [-0.39, 0.29) is 35.8 Å². The second-order valence-electron chi connectivity index (χ2n) is 6.00. The molecule has 0 fully saturated rings. The summed E-state index contributed by atoms with van der Waals surface area (Å²) < 4.78 is 11.2. The summed E-state index contributed by atoms with van der Waals surface area (Å²) in [6, 6.07) is 20.7. The SMILES string of the molecule is O=C(O)c1cc(OCc2ccccc2)c(C(=O)O)cc1OCc1ccccc1. The van der Waals surface area contributed by atoms with Crippen LogP contribution in [0, 0.1) is 0 Å². The molecule has 3 aromatic rings. The summed E-state index contributed by atoms with van der Waals surface area (Å²) in [6.07, 6.45) is 0. The van der Waals surface area contributed by atoms with Gasteiger partial charge in [0.15, 0.2) is 0 Å². The Bertz CT molecular complexity index is 886. The van der Waals surface area contributed by atoms with Crippen molar-refractivity contribution < 1.29 is 29.3 Å². The van der Waals surface area contributed by atoms with Crippen LogP contribution in [0.5, 0.6) is 11.5 Å². The van der Waals surface area contributed by atoms with Crippen molar-refractivity contribution in [2.24, 2.45) is 0 Å². The molecular formula is C22H18O6. The minimum Gasteiger partial charge on any atom is -0.488 e. The summed E-state index contributed by atoms with van der Waals surface area (Å²) in [5.74, 6) is -2.52. The van der Waals surface area contributed by atoms with E-state index in [1.807, 2.05) is 60.7 Å². The number of ether oxygens (including phenoxy) is 2. The number of hydrogen-bond donors (Lipinski definition) is 2. The van der Waals surface area contributed by atoms with Crippen LogP contribution in [0.1, 0.15) is 31.8 Å². The van der Waals surface area contributed by atoms with Gasteiger partial charge in [0.25, 0.3) is 0 Å². The molecule has 0 bridgehead atoms. The Hall–Kier alpha value is -3.80. The molecule has 0 saturated carbocycles. The lowest BCUT2D eigenvalue weighted by Crippen LogP contribution is -2.09. The maximum atomic E-state index is 11.7. The van der Waals surface area contributed by atoms with Gasteiger partial charge in [-0.15, -0.1) is 0 Å². The molecule has 0 saturated heterocycles. The molecule has 0 aliphatic heterocycles. The molecule has 0 aliphatic rings. The van der Waals surface area contributed by atoms with Gasteiger partial charge in [0.1, 0.15) is 35.8 Å². The molecule has 3 rings (SSSR count). The van der Waals surface area contributed by atoms with Crippen molar-refractivity contribution in [2.75, 3.05) is 0 Å². The molecule has 0 radical (unpaired) electrons. The van der Waals surface area contributed by atoms with Crippen LogP contribution >= 0.6 is 0 Å². The molecule has 0 aromatic heterocycles. The van der Waals surface area contributed by atoms with E-state index in [0.29, 0.717) is 0 Å². The largest absolute Gasteiger partial charge is 0.488 e. The van der Waals surface area contributed by atoms with Gasteiger partial charge in [-0.2, -0.15) is 0 Å². The lowest BCUT2D eigenvalue weighted by Gasteiger charge is -2.14. The maximum absolute atomic E-state index is 11.7. The van der Waals surface area contributed by atoms with Crippen LogP contribution in [0.2, 0.25) is 0 Å². The summed E-state index contributed by atoms with van der Waals surface area (Å²) in [7, 11) is 0. The lowest BCUT2D eigenvalue weighted by molar-refractivity contribution is 0.0672. The number of aromatic carboxylic acids is 2. The number of carbonyl (C=O) groups is 2. The summed E-state index contributed by atoms with van der Waals surface area (Å²) in [5, 5.41) is 19.0. The Morgan fingerprint density at radius 2 is 1.00 bits per heavy atom. The Balaban J connectivity index is 1.88. The zero-order chi connectivity index (χ0) is 19.9. The highest BCUT2D eigenvalue weighted by Gasteiger charge is 2.21. The first-order chi connectivity index (χ1) is 13.5.